The molecule has 0 aliphatic heterocycles. The molecule has 2 N–H and O–H groups in total. The largest absolute Gasteiger partial charge is 0.459 e. The summed E-state index contributed by atoms with van der Waals surface area (Å²) in [6.07, 6.45) is 2.89. The number of H-pyrrole nitrogens is 1. The monoisotopic (exact) mass is 415 g/mol. The number of aromatic nitrogens is 6. The van der Waals surface area contributed by atoms with Crippen molar-refractivity contribution in [3.8, 4) is 11.6 Å². The number of aryl methyl sites for hydroxylation is 2. The van der Waals surface area contributed by atoms with Gasteiger partial charge in [-0.05, 0) is 43.7 Å². The fourth-order valence-electron chi connectivity index (χ4n) is 3.29. The Bertz CT molecular complexity index is 1470. The Hall–Kier alpha value is -4.47. The first-order valence-electron chi connectivity index (χ1n) is 9.46. The van der Waals surface area contributed by atoms with E-state index in [0.717, 1.165) is 11.3 Å². The highest BCUT2D eigenvalue weighted by molar-refractivity contribution is 6.01. The topological polar surface area (TPSA) is 124 Å². The number of aromatic amines is 1. The number of fused-ring (bicyclic) bond motifs is 1. The minimum absolute atomic E-state index is 0.148. The van der Waals surface area contributed by atoms with Gasteiger partial charge in [-0.15, -0.1) is 0 Å². The smallest absolute Gasteiger partial charge is 0.292 e. The average molecular weight is 415 g/mol. The van der Waals surface area contributed by atoms with Crippen LogP contribution in [0.1, 0.15) is 21.8 Å². The second kappa shape index (κ2) is 7.10. The number of hydrogen-bond acceptors (Lipinski definition) is 6. The highest BCUT2D eigenvalue weighted by atomic mass is 16.3. The van der Waals surface area contributed by atoms with Crippen molar-refractivity contribution in [2.75, 3.05) is 5.32 Å². The Labute approximate surface area is 175 Å². The number of amides is 1. The van der Waals surface area contributed by atoms with Gasteiger partial charge in [0.2, 0.25) is 5.95 Å². The van der Waals surface area contributed by atoms with Gasteiger partial charge in [-0.25, -0.2) is 4.68 Å². The molecular formula is C21H17N7O3. The molecule has 1 aromatic carbocycles. The van der Waals surface area contributed by atoms with Crippen LogP contribution in [0, 0.1) is 13.8 Å². The molecule has 0 aliphatic rings. The zero-order chi connectivity index (χ0) is 21.5. The van der Waals surface area contributed by atoms with Gasteiger partial charge in [-0.2, -0.15) is 19.9 Å². The fourth-order valence-corrected chi connectivity index (χ4v) is 3.29. The molecule has 0 spiro atoms. The molecule has 0 unspecified atom stereocenters. The summed E-state index contributed by atoms with van der Waals surface area (Å²) in [7, 11) is 0. The Morgan fingerprint density at radius 1 is 1.13 bits per heavy atom. The van der Waals surface area contributed by atoms with E-state index in [1.807, 2.05) is 31.2 Å². The molecule has 0 fully saturated rings. The van der Waals surface area contributed by atoms with Gasteiger partial charge in [0.05, 0.1) is 23.8 Å². The van der Waals surface area contributed by atoms with E-state index in [1.165, 1.54) is 17.1 Å². The maximum absolute atomic E-state index is 12.7. The van der Waals surface area contributed by atoms with Gasteiger partial charge < -0.3 is 9.73 Å². The highest BCUT2D eigenvalue weighted by Crippen LogP contribution is 2.19. The molecule has 5 rings (SSSR count). The second-order valence-corrected chi connectivity index (χ2v) is 7.04. The lowest BCUT2D eigenvalue weighted by Crippen LogP contribution is -2.19. The van der Waals surface area contributed by atoms with E-state index in [0.29, 0.717) is 22.5 Å². The number of nitrogens with one attached hydrogen (secondary N) is 2. The highest BCUT2D eigenvalue weighted by Gasteiger charge is 2.18. The van der Waals surface area contributed by atoms with Crippen molar-refractivity contribution in [2.24, 2.45) is 0 Å². The minimum Gasteiger partial charge on any atom is -0.459 e. The van der Waals surface area contributed by atoms with Gasteiger partial charge in [0.25, 0.3) is 11.5 Å². The molecule has 0 bridgehead atoms. The maximum Gasteiger partial charge on any atom is 0.292 e. The number of anilines is 1. The summed E-state index contributed by atoms with van der Waals surface area (Å²) in [6.45, 7) is 3.74. The van der Waals surface area contributed by atoms with E-state index in [-0.39, 0.29) is 17.3 Å². The van der Waals surface area contributed by atoms with Crippen molar-refractivity contribution >= 4 is 22.8 Å². The van der Waals surface area contributed by atoms with Crippen molar-refractivity contribution in [2.45, 2.75) is 13.8 Å². The predicted molar refractivity (Wildman–Crippen MR) is 113 cm³/mol. The molecule has 0 saturated carbocycles. The molecular weight excluding hydrogens is 398 g/mol. The lowest BCUT2D eigenvalue weighted by atomic mass is 10.2. The number of hydrogen-bond donors (Lipinski definition) is 2. The lowest BCUT2D eigenvalue weighted by Gasteiger charge is -2.08. The number of rotatable bonds is 4. The van der Waals surface area contributed by atoms with Crippen LogP contribution >= 0.6 is 0 Å². The van der Waals surface area contributed by atoms with Crippen molar-refractivity contribution in [3.63, 3.8) is 0 Å². The summed E-state index contributed by atoms with van der Waals surface area (Å²) in [6, 6.07) is 12.6. The fraction of sp³-hybridized carbons (Fsp3) is 0.0952. The molecule has 10 heteroatoms. The van der Waals surface area contributed by atoms with Crippen LogP contribution in [0.3, 0.4) is 0 Å². The van der Waals surface area contributed by atoms with E-state index in [4.69, 9.17) is 4.42 Å². The first-order chi connectivity index (χ1) is 15.0. The third kappa shape index (κ3) is 3.29. The molecule has 154 valence electrons. The van der Waals surface area contributed by atoms with Gasteiger partial charge in [0, 0.05) is 6.07 Å². The minimum atomic E-state index is -0.445. The second-order valence-electron chi connectivity index (χ2n) is 7.04. The van der Waals surface area contributed by atoms with Crippen LogP contribution in [0.15, 0.2) is 64.1 Å². The van der Waals surface area contributed by atoms with Crippen LogP contribution in [0.2, 0.25) is 0 Å². The normalized spacial score (nSPS) is 11.2. The Morgan fingerprint density at radius 2 is 2.00 bits per heavy atom. The summed E-state index contributed by atoms with van der Waals surface area (Å²) < 4.78 is 8.10. The molecule has 0 radical (unpaired) electrons. The average Bonchev–Trinajstić information content (AvgIpc) is 3.47. The zero-order valence-corrected chi connectivity index (χ0v) is 16.7. The van der Waals surface area contributed by atoms with Gasteiger partial charge >= 0.3 is 0 Å². The van der Waals surface area contributed by atoms with Gasteiger partial charge in [0.1, 0.15) is 11.2 Å². The van der Waals surface area contributed by atoms with E-state index in [9.17, 15) is 9.59 Å². The quantitative estimate of drug-likeness (QED) is 0.465. The number of carbonyl (C=O) groups excluding carboxylic acids is 1. The van der Waals surface area contributed by atoms with Gasteiger partial charge in [-0.3, -0.25) is 14.6 Å². The number of furan rings is 1. The molecule has 31 heavy (non-hydrogen) atoms. The van der Waals surface area contributed by atoms with Crippen molar-refractivity contribution in [3.05, 3.63) is 82.3 Å². The third-order valence-corrected chi connectivity index (χ3v) is 4.69. The summed E-state index contributed by atoms with van der Waals surface area (Å²) in [5, 5.41) is 11.8. The maximum atomic E-state index is 12.7. The van der Waals surface area contributed by atoms with E-state index < -0.39 is 5.91 Å². The van der Waals surface area contributed by atoms with Crippen molar-refractivity contribution in [1.82, 2.24) is 29.5 Å². The molecule has 0 aliphatic carbocycles. The Balaban J connectivity index is 1.62. The first kappa shape index (κ1) is 18.6. The van der Waals surface area contributed by atoms with Crippen molar-refractivity contribution in [1.29, 1.82) is 0 Å². The van der Waals surface area contributed by atoms with E-state index >= 15 is 0 Å². The van der Waals surface area contributed by atoms with E-state index in [2.05, 4.69) is 25.5 Å². The molecule has 4 aromatic heterocycles. The van der Waals surface area contributed by atoms with Gasteiger partial charge in [-0.1, -0.05) is 12.1 Å². The Morgan fingerprint density at radius 3 is 2.77 bits per heavy atom. The summed E-state index contributed by atoms with van der Waals surface area (Å²) in [5.74, 6) is 0.192. The summed E-state index contributed by atoms with van der Waals surface area (Å²) >= 11 is 0. The number of benzene rings is 1. The van der Waals surface area contributed by atoms with Crippen LogP contribution in [-0.4, -0.2) is 35.4 Å². The molecule has 4 heterocycles. The molecule has 10 nitrogen and oxygen atoms in total. The SMILES string of the molecule is Cc1cccc(-n2ncc3c(=O)[nH]c(-n4nc(C)cc4NC(=O)c4ccco4)nc32)c1. The van der Waals surface area contributed by atoms with E-state index in [1.54, 1.807) is 29.8 Å². The number of nitrogens with zero attached hydrogens (tertiary/aromatic N) is 5. The zero-order valence-electron chi connectivity index (χ0n) is 16.7. The summed E-state index contributed by atoms with van der Waals surface area (Å²) in [5.41, 5.74) is 2.47. The first-order valence-corrected chi connectivity index (χ1v) is 9.46. The lowest BCUT2D eigenvalue weighted by molar-refractivity contribution is 0.0996. The summed E-state index contributed by atoms with van der Waals surface area (Å²) in [4.78, 5) is 32.4. The van der Waals surface area contributed by atoms with Crippen LogP contribution < -0.4 is 10.9 Å². The third-order valence-electron chi connectivity index (χ3n) is 4.69. The molecule has 0 saturated heterocycles. The van der Waals surface area contributed by atoms with Crippen LogP contribution in [-0.2, 0) is 0 Å². The molecule has 5 aromatic rings. The predicted octanol–water partition coefficient (Wildman–Crippen LogP) is 2.76. The van der Waals surface area contributed by atoms with Crippen LogP contribution in [0.5, 0.6) is 0 Å². The van der Waals surface area contributed by atoms with Crippen LogP contribution in [0.4, 0.5) is 5.82 Å². The van der Waals surface area contributed by atoms with Gasteiger partial charge in [0.15, 0.2) is 11.4 Å². The standard InChI is InChI=1S/C21H17N7O3/c1-12-5-3-6-14(9-12)27-18-15(11-22-27)19(29)25-21(24-18)28-17(10-13(2)26-28)23-20(30)16-7-4-8-31-16/h3-11H,1-2H3,(H,23,30)(H,24,25,29). The Kier molecular flexibility index (Phi) is 4.25. The molecule has 1 amide bonds. The van der Waals surface area contributed by atoms with Crippen molar-refractivity contribution < 1.29 is 9.21 Å². The van der Waals surface area contributed by atoms with Crippen LogP contribution in [0.25, 0.3) is 22.7 Å². The molecule has 0 atom stereocenters. The number of carbonyl (C=O) groups is 1.